The van der Waals surface area contributed by atoms with Gasteiger partial charge < -0.3 is 14.5 Å². The molecule has 0 aliphatic carbocycles. The van der Waals surface area contributed by atoms with Gasteiger partial charge in [-0.05, 0) is 33.6 Å². The summed E-state index contributed by atoms with van der Waals surface area (Å²) in [5.41, 5.74) is 0.925. The van der Waals surface area contributed by atoms with E-state index in [1.807, 2.05) is 30.3 Å². The third kappa shape index (κ3) is 4.19. The Morgan fingerprint density at radius 2 is 1.95 bits per heavy atom. The molecule has 0 aliphatic rings. The summed E-state index contributed by atoms with van der Waals surface area (Å²) in [6, 6.07) is 11.8. The number of hydrogen-bond donors (Lipinski definition) is 1. The summed E-state index contributed by atoms with van der Waals surface area (Å²) in [7, 11) is 1.29. The van der Waals surface area contributed by atoms with Crippen molar-refractivity contribution in [3.05, 3.63) is 58.5 Å². The van der Waals surface area contributed by atoms with E-state index >= 15 is 0 Å². The Bertz CT molecular complexity index is 624. The molecule has 1 heterocycles. The summed E-state index contributed by atoms with van der Waals surface area (Å²) < 4.78 is 10.3. The van der Waals surface area contributed by atoms with E-state index in [4.69, 9.17) is 9.15 Å². The molecule has 2 rings (SSSR count). The molecule has 0 saturated heterocycles. The first-order chi connectivity index (χ1) is 10.1. The Hall–Kier alpha value is -2.08. The predicted molar refractivity (Wildman–Crippen MR) is 79.8 cm³/mol. The van der Waals surface area contributed by atoms with Crippen molar-refractivity contribution in [2.45, 2.75) is 12.5 Å². The average molecular weight is 352 g/mol. The largest absolute Gasteiger partial charge is 0.467 e. The molecule has 1 unspecified atom stereocenters. The molecule has 6 heteroatoms. The van der Waals surface area contributed by atoms with E-state index in [-0.39, 0.29) is 5.76 Å². The van der Waals surface area contributed by atoms with Crippen LogP contribution in [-0.2, 0) is 16.0 Å². The zero-order valence-corrected chi connectivity index (χ0v) is 12.9. The summed E-state index contributed by atoms with van der Waals surface area (Å²) in [5.74, 6) is -0.839. The number of amides is 1. The maximum absolute atomic E-state index is 12.0. The quantitative estimate of drug-likeness (QED) is 0.840. The predicted octanol–water partition coefficient (Wildman–Crippen LogP) is 2.56. The molecule has 1 amide bonds. The fraction of sp³-hybridized carbons (Fsp3) is 0.200. The van der Waals surface area contributed by atoms with E-state index in [1.54, 1.807) is 6.07 Å². The lowest BCUT2D eigenvalue weighted by Crippen LogP contribution is -2.42. The number of halogens is 1. The molecule has 2 aromatic rings. The molecule has 1 aromatic heterocycles. The number of hydrogen-bond acceptors (Lipinski definition) is 4. The van der Waals surface area contributed by atoms with Gasteiger partial charge in [0.1, 0.15) is 6.04 Å². The van der Waals surface area contributed by atoms with Gasteiger partial charge in [-0.3, -0.25) is 4.79 Å². The molecule has 0 aliphatic heterocycles. The maximum atomic E-state index is 12.0. The van der Waals surface area contributed by atoms with Crippen molar-refractivity contribution in [1.29, 1.82) is 0 Å². The first kappa shape index (κ1) is 15.3. The average Bonchev–Trinajstić information content (AvgIpc) is 2.93. The molecule has 5 nitrogen and oxygen atoms in total. The van der Waals surface area contributed by atoms with E-state index in [9.17, 15) is 9.59 Å². The van der Waals surface area contributed by atoms with Crippen molar-refractivity contribution in [2.75, 3.05) is 7.11 Å². The Balaban J connectivity index is 2.09. The minimum atomic E-state index is -0.770. The topological polar surface area (TPSA) is 68.5 Å². The molecule has 0 spiro atoms. The lowest BCUT2D eigenvalue weighted by atomic mass is 10.1. The van der Waals surface area contributed by atoms with Crippen LogP contribution in [0.4, 0.5) is 0 Å². The van der Waals surface area contributed by atoms with E-state index in [0.717, 1.165) is 5.56 Å². The number of esters is 1. The van der Waals surface area contributed by atoms with Crippen LogP contribution in [0.3, 0.4) is 0 Å². The third-order valence-electron chi connectivity index (χ3n) is 2.87. The number of ether oxygens (including phenoxy) is 1. The highest BCUT2D eigenvalue weighted by molar-refractivity contribution is 9.10. The fourth-order valence-electron chi connectivity index (χ4n) is 1.85. The lowest BCUT2D eigenvalue weighted by Gasteiger charge is -2.15. The second-order valence-corrected chi connectivity index (χ2v) is 5.12. The van der Waals surface area contributed by atoms with Gasteiger partial charge in [0.05, 0.1) is 7.11 Å². The standard InChI is InChI=1S/C15H14BrNO4/c1-20-15(19)11(9-10-5-3-2-4-6-10)17-14(18)12-7-8-13(16)21-12/h2-8,11H,9H2,1H3,(H,17,18). The SMILES string of the molecule is COC(=O)C(Cc1ccccc1)NC(=O)c1ccc(Br)o1. The van der Waals surface area contributed by atoms with Gasteiger partial charge in [0.15, 0.2) is 10.4 Å². The molecule has 1 aromatic carbocycles. The Kier molecular flexibility index (Phi) is 5.16. The summed E-state index contributed by atoms with van der Waals surface area (Å²) >= 11 is 3.12. The van der Waals surface area contributed by atoms with Crippen LogP contribution in [0.15, 0.2) is 51.6 Å². The van der Waals surface area contributed by atoms with Gasteiger partial charge in [-0.1, -0.05) is 30.3 Å². The van der Waals surface area contributed by atoms with Gasteiger partial charge in [0, 0.05) is 6.42 Å². The number of benzene rings is 1. The van der Waals surface area contributed by atoms with Gasteiger partial charge in [-0.15, -0.1) is 0 Å². The van der Waals surface area contributed by atoms with Crippen molar-refractivity contribution in [2.24, 2.45) is 0 Å². The zero-order chi connectivity index (χ0) is 15.2. The molecule has 0 bridgehead atoms. The Morgan fingerprint density at radius 1 is 1.24 bits per heavy atom. The monoisotopic (exact) mass is 351 g/mol. The minimum absolute atomic E-state index is 0.129. The van der Waals surface area contributed by atoms with Crippen molar-refractivity contribution in [1.82, 2.24) is 5.32 Å². The van der Waals surface area contributed by atoms with Crippen LogP contribution in [0, 0.1) is 0 Å². The Labute approximate surface area is 130 Å². The molecule has 110 valence electrons. The van der Waals surface area contributed by atoms with Crippen LogP contribution in [-0.4, -0.2) is 25.0 Å². The van der Waals surface area contributed by atoms with Crippen LogP contribution in [0.5, 0.6) is 0 Å². The first-order valence-electron chi connectivity index (χ1n) is 6.28. The summed E-state index contributed by atoms with van der Waals surface area (Å²) in [5, 5.41) is 2.62. The minimum Gasteiger partial charge on any atom is -0.467 e. The zero-order valence-electron chi connectivity index (χ0n) is 11.3. The van der Waals surface area contributed by atoms with E-state index in [1.165, 1.54) is 13.2 Å². The molecular formula is C15H14BrNO4. The number of carbonyl (C=O) groups excluding carboxylic acids is 2. The molecule has 0 fully saturated rings. The van der Waals surface area contributed by atoms with Crippen molar-refractivity contribution in [3.8, 4) is 0 Å². The molecular weight excluding hydrogens is 338 g/mol. The second-order valence-electron chi connectivity index (χ2n) is 4.34. The Morgan fingerprint density at radius 3 is 2.52 bits per heavy atom. The summed E-state index contributed by atoms with van der Waals surface area (Å²) in [6.45, 7) is 0. The van der Waals surface area contributed by atoms with Crippen LogP contribution in [0.1, 0.15) is 16.1 Å². The summed E-state index contributed by atoms with van der Waals surface area (Å²) in [6.07, 6.45) is 0.348. The van der Waals surface area contributed by atoms with E-state index in [2.05, 4.69) is 21.2 Å². The molecule has 1 atom stereocenters. The van der Waals surface area contributed by atoms with Crippen LogP contribution in [0.2, 0.25) is 0 Å². The second kappa shape index (κ2) is 7.08. The van der Waals surface area contributed by atoms with Crippen molar-refractivity contribution in [3.63, 3.8) is 0 Å². The maximum Gasteiger partial charge on any atom is 0.328 e. The van der Waals surface area contributed by atoms with Gasteiger partial charge in [-0.2, -0.15) is 0 Å². The van der Waals surface area contributed by atoms with Gasteiger partial charge in [0.2, 0.25) is 0 Å². The number of nitrogens with one attached hydrogen (secondary N) is 1. The molecule has 0 saturated carbocycles. The van der Waals surface area contributed by atoms with Crippen molar-refractivity contribution < 1.29 is 18.7 Å². The number of carbonyl (C=O) groups is 2. The van der Waals surface area contributed by atoms with Gasteiger partial charge in [-0.25, -0.2) is 4.79 Å². The smallest absolute Gasteiger partial charge is 0.328 e. The highest BCUT2D eigenvalue weighted by Crippen LogP contribution is 2.14. The first-order valence-corrected chi connectivity index (χ1v) is 7.07. The van der Waals surface area contributed by atoms with E-state index in [0.29, 0.717) is 11.1 Å². The normalized spacial score (nSPS) is 11.7. The highest BCUT2D eigenvalue weighted by Gasteiger charge is 2.23. The van der Waals surface area contributed by atoms with Gasteiger partial charge in [0.25, 0.3) is 5.91 Å². The van der Waals surface area contributed by atoms with Crippen LogP contribution < -0.4 is 5.32 Å². The molecule has 1 N–H and O–H groups in total. The number of furan rings is 1. The lowest BCUT2D eigenvalue weighted by molar-refractivity contribution is -0.142. The van der Waals surface area contributed by atoms with Crippen LogP contribution in [0.25, 0.3) is 0 Å². The summed E-state index contributed by atoms with van der Waals surface area (Å²) in [4.78, 5) is 23.9. The van der Waals surface area contributed by atoms with E-state index < -0.39 is 17.9 Å². The third-order valence-corrected chi connectivity index (χ3v) is 3.30. The fourth-order valence-corrected chi connectivity index (χ4v) is 2.16. The highest BCUT2D eigenvalue weighted by atomic mass is 79.9. The number of methoxy groups -OCH3 is 1. The van der Waals surface area contributed by atoms with Gasteiger partial charge >= 0.3 is 5.97 Å². The van der Waals surface area contributed by atoms with Crippen molar-refractivity contribution >= 4 is 27.8 Å². The molecule has 0 radical (unpaired) electrons. The van der Waals surface area contributed by atoms with Crippen LogP contribution >= 0.6 is 15.9 Å². The number of rotatable bonds is 5. The molecule has 21 heavy (non-hydrogen) atoms.